The summed E-state index contributed by atoms with van der Waals surface area (Å²) in [5.41, 5.74) is 3.15. The van der Waals surface area contributed by atoms with Crippen LogP contribution in [0.25, 0.3) is 0 Å². The molecule has 1 atom stereocenters. The number of hydrogen-bond donors (Lipinski definition) is 1. The van der Waals surface area contributed by atoms with Gasteiger partial charge in [-0.3, -0.25) is 14.7 Å². The molecule has 0 aliphatic carbocycles. The molecule has 1 aliphatic heterocycles. The van der Waals surface area contributed by atoms with Crippen molar-refractivity contribution >= 4 is 9.84 Å². The summed E-state index contributed by atoms with van der Waals surface area (Å²) in [6.45, 7) is 4.77. The molecule has 23 heavy (non-hydrogen) atoms. The summed E-state index contributed by atoms with van der Waals surface area (Å²) in [6, 6.07) is 0. The normalized spacial score (nSPS) is 20.0. The fourth-order valence-electron chi connectivity index (χ4n) is 3.25. The quantitative estimate of drug-likeness (QED) is 0.907. The van der Waals surface area contributed by atoms with Gasteiger partial charge >= 0.3 is 0 Å². The minimum atomic E-state index is -3.24. The maximum Gasteiger partial charge on any atom is 0.178 e. The van der Waals surface area contributed by atoms with E-state index >= 15 is 0 Å². The van der Waals surface area contributed by atoms with E-state index in [1.54, 1.807) is 0 Å². The summed E-state index contributed by atoms with van der Waals surface area (Å²) >= 11 is 0. The third-order valence-corrected chi connectivity index (χ3v) is 5.80. The fraction of sp³-hybridized carbons (Fsp3) is 0.600. The zero-order valence-electron chi connectivity index (χ0n) is 13.8. The molecule has 3 heterocycles. The molecular formula is C15H23N5O2S. The van der Waals surface area contributed by atoms with Crippen LogP contribution in [0.5, 0.6) is 0 Å². The topological polar surface area (TPSA) is 83.9 Å². The molecule has 1 N–H and O–H groups in total. The van der Waals surface area contributed by atoms with E-state index in [1.807, 2.05) is 17.9 Å². The van der Waals surface area contributed by atoms with Crippen LogP contribution in [0.15, 0.2) is 17.3 Å². The smallest absolute Gasteiger partial charge is 0.178 e. The van der Waals surface area contributed by atoms with Crippen LogP contribution in [-0.4, -0.2) is 52.6 Å². The number of likely N-dealkylation sites (tertiary alicyclic amines) is 1. The van der Waals surface area contributed by atoms with Crippen LogP contribution >= 0.6 is 0 Å². The number of rotatable bonds is 4. The van der Waals surface area contributed by atoms with E-state index in [0.717, 1.165) is 38.2 Å². The van der Waals surface area contributed by atoms with E-state index in [0.29, 0.717) is 4.90 Å². The van der Waals surface area contributed by atoms with Gasteiger partial charge in [0.05, 0.1) is 18.1 Å². The van der Waals surface area contributed by atoms with Gasteiger partial charge in [0.1, 0.15) is 4.90 Å². The van der Waals surface area contributed by atoms with Crippen LogP contribution in [0.3, 0.4) is 0 Å². The minimum Gasteiger partial charge on any atom is -0.298 e. The van der Waals surface area contributed by atoms with Crippen LogP contribution in [0.2, 0.25) is 0 Å². The van der Waals surface area contributed by atoms with Crippen molar-refractivity contribution in [1.29, 1.82) is 0 Å². The van der Waals surface area contributed by atoms with Crippen molar-refractivity contribution < 1.29 is 8.42 Å². The highest BCUT2D eigenvalue weighted by atomic mass is 32.2. The predicted molar refractivity (Wildman–Crippen MR) is 86.9 cm³/mol. The summed E-state index contributed by atoms with van der Waals surface area (Å²) < 4.78 is 25.7. The first kappa shape index (κ1) is 16.2. The molecule has 2 aromatic heterocycles. The Morgan fingerprint density at radius 1 is 1.39 bits per heavy atom. The molecule has 1 aliphatic rings. The Kier molecular flexibility index (Phi) is 4.29. The number of nitrogens with zero attached hydrogens (tertiary/aromatic N) is 4. The van der Waals surface area contributed by atoms with Gasteiger partial charge in [-0.25, -0.2) is 8.42 Å². The van der Waals surface area contributed by atoms with E-state index in [1.165, 1.54) is 23.7 Å². The van der Waals surface area contributed by atoms with Gasteiger partial charge in [0.25, 0.3) is 0 Å². The maximum atomic E-state index is 11.9. The molecule has 7 nitrogen and oxygen atoms in total. The Morgan fingerprint density at radius 2 is 2.17 bits per heavy atom. The largest absolute Gasteiger partial charge is 0.298 e. The number of piperidine rings is 1. The lowest BCUT2D eigenvalue weighted by Gasteiger charge is -2.32. The summed E-state index contributed by atoms with van der Waals surface area (Å²) in [6.07, 6.45) is 6.60. The maximum absolute atomic E-state index is 11.9. The van der Waals surface area contributed by atoms with Crippen LogP contribution < -0.4 is 0 Å². The molecular weight excluding hydrogens is 314 g/mol. The molecule has 8 heteroatoms. The van der Waals surface area contributed by atoms with Crippen molar-refractivity contribution in [3.63, 3.8) is 0 Å². The van der Waals surface area contributed by atoms with E-state index in [4.69, 9.17) is 0 Å². The van der Waals surface area contributed by atoms with Gasteiger partial charge in [-0.05, 0) is 26.3 Å². The Morgan fingerprint density at radius 3 is 2.83 bits per heavy atom. The molecule has 0 amide bonds. The highest BCUT2D eigenvalue weighted by Gasteiger charge is 2.28. The molecule has 0 bridgehead atoms. The highest BCUT2D eigenvalue weighted by Crippen LogP contribution is 2.30. The van der Waals surface area contributed by atoms with Gasteiger partial charge in [0.2, 0.25) is 0 Å². The second-order valence-corrected chi connectivity index (χ2v) is 8.36. The van der Waals surface area contributed by atoms with Gasteiger partial charge in [-0.15, -0.1) is 0 Å². The Hall–Kier alpha value is -1.67. The van der Waals surface area contributed by atoms with Gasteiger partial charge < -0.3 is 0 Å². The van der Waals surface area contributed by atoms with Crippen molar-refractivity contribution in [2.45, 2.75) is 37.1 Å². The molecule has 1 fully saturated rings. The van der Waals surface area contributed by atoms with Crippen LogP contribution in [0, 0.1) is 6.92 Å². The van der Waals surface area contributed by atoms with E-state index in [2.05, 4.69) is 27.1 Å². The highest BCUT2D eigenvalue weighted by molar-refractivity contribution is 7.90. The lowest BCUT2D eigenvalue weighted by atomic mass is 9.94. The molecule has 0 saturated carbocycles. The Labute approximate surface area is 136 Å². The minimum absolute atomic E-state index is 0.174. The number of aromatic nitrogens is 4. The van der Waals surface area contributed by atoms with Crippen LogP contribution in [-0.2, 0) is 23.4 Å². The number of aromatic amines is 1. The zero-order valence-corrected chi connectivity index (χ0v) is 14.6. The van der Waals surface area contributed by atoms with Crippen molar-refractivity contribution in [2.24, 2.45) is 7.05 Å². The average molecular weight is 337 g/mol. The van der Waals surface area contributed by atoms with Gasteiger partial charge in [0.15, 0.2) is 9.84 Å². The molecule has 0 aromatic carbocycles. The third-order valence-electron chi connectivity index (χ3n) is 4.68. The summed E-state index contributed by atoms with van der Waals surface area (Å²) in [5.74, 6) is 0.174. The standard InChI is InChI=1S/C15H23N5O2S/c1-11-13(7-17-19(11)2)10-20-6-4-5-12(9-20)15-14(8-16-18-15)23(3,21)22/h7-8,12H,4-6,9-10H2,1-3H3,(H,16,18)/t12-/m0/s1. The third kappa shape index (κ3) is 3.32. The first-order chi connectivity index (χ1) is 10.9. The Bertz CT molecular complexity index is 793. The molecule has 3 rings (SSSR count). The first-order valence-electron chi connectivity index (χ1n) is 7.79. The number of hydrogen-bond acceptors (Lipinski definition) is 5. The van der Waals surface area contributed by atoms with Crippen molar-refractivity contribution in [2.75, 3.05) is 19.3 Å². The second kappa shape index (κ2) is 6.09. The summed E-state index contributed by atoms with van der Waals surface area (Å²) in [5, 5.41) is 11.2. The average Bonchev–Trinajstić information content (AvgIpc) is 3.10. The fourth-order valence-corrected chi connectivity index (χ4v) is 4.10. The molecule has 0 spiro atoms. The lowest BCUT2D eigenvalue weighted by Crippen LogP contribution is -2.34. The van der Waals surface area contributed by atoms with E-state index in [-0.39, 0.29) is 5.92 Å². The monoisotopic (exact) mass is 337 g/mol. The van der Waals surface area contributed by atoms with Gasteiger partial charge in [-0.1, -0.05) is 0 Å². The number of sulfone groups is 1. The number of aryl methyl sites for hydroxylation is 1. The molecule has 2 aromatic rings. The number of nitrogens with one attached hydrogen (secondary N) is 1. The van der Waals surface area contributed by atoms with Crippen molar-refractivity contribution in [3.05, 3.63) is 29.3 Å². The van der Waals surface area contributed by atoms with Gasteiger partial charge in [-0.2, -0.15) is 10.2 Å². The molecule has 0 unspecified atom stereocenters. The first-order valence-corrected chi connectivity index (χ1v) is 9.68. The van der Waals surface area contributed by atoms with Crippen LogP contribution in [0.1, 0.15) is 35.7 Å². The summed E-state index contributed by atoms with van der Waals surface area (Å²) in [4.78, 5) is 2.70. The lowest BCUT2D eigenvalue weighted by molar-refractivity contribution is 0.197. The van der Waals surface area contributed by atoms with E-state index in [9.17, 15) is 8.42 Å². The zero-order chi connectivity index (χ0) is 16.6. The van der Waals surface area contributed by atoms with Crippen molar-refractivity contribution in [1.82, 2.24) is 24.9 Å². The number of H-pyrrole nitrogens is 1. The van der Waals surface area contributed by atoms with E-state index < -0.39 is 9.84 Å². The molecule has 126 valence electrons. The van der Waals surface area contributed by atoms with Crippen LogP contribution in [0.4, 0.5) is 0 Å². The molecule has 0 radical (unpaired) electrons. The predicted octanol–water partition coefficient (Wildman–Crippen LogP) is 1.23. The summed E-state index contributed by atoms with van der Waals surface area (Å²) in [7, 11) is -1.30. The SMILES string of the molecule is Cc1c(CN2CCC[C@H](c3[nH]ncc3S(C)(=O)=O)C2)cnn1C. The second-order valence-electron chi connectivity index (χ2n) is 6.37. The van der Waals surface area contributed by atoms with Gasteiger partial charge in [0, 0.05) is 43.6 Å². The van der Waals surface area contributed by atoms with Crippen molar-refractivity contribution in [3.8, 4) is 0 Å². The Balaban J connectivity index is 1.77. The molecule has 1 saturated heterocycles.